The van der Waals surface area contributed by atoms with E-state index in [9.17, 15) is 4.79 Å². The standard InChI is InChI=1S/C20H19N5O/c1-14-12-21-18-17(14)19(23-13-22-18)25-10-8-16(9-11-25)24-20(26)15-6-4-2-3-5-7-15/h7,12-13,16H,2,8-11H2,1H3,(H,24,26)(H,21,22,23). The molecule has 1 saturated heterocycles. The van der Waals surface area contributed by atoms with Crippen molar-refractivity contribution in [1.29, 1.82) is 0 Å². The summed E-state index contributed by atoms with van der Waals surface area (Å²) in [5.74, 6) is 12.3. The van der Waals surface area contributed by atoms with Crippen LogP contribution in [0.15, 0.2) is 24.2 Å². The largest absolute Gasteiger partial charge is 0.356 e. The SMILES string of the molecule is Cc1c[nH]c2ncnc(N3CCC(NC(=O)C4=CC#CCC#C4)CC3)c12. The summed E-state index contributed by atoms with van der Waals surface area (Å²) in [6.45, 7) is 3.74. The van der Waals surface area contributed by atoms with E-state index in [1.807, 2.05) is 6.20 Å². The molecule has 2 aromatic heterocycles. The molecule has 0 unspecified atom stereocenters. The van der Waals surface area contributed by atoms with Crippen LogP contribution in [0.4, 0.5) is 5.82 Å². The summed E-state index contributed by atoms with van der Waals surface area (Å²) in [6.07, 6.45) is 7.41. The molecule has 2 aliphatic rings. The molecule has 1 aliphatic carbocycles. The Bertz CT molecular complexity index is 1000. The molecule has 1 aliphatic heterocycles. The van der Waals surface area contributed by atoms with Gasteiger partial charge in [0.15, 0.2) is 0 Å². The van der Waals surface area contributed by atoms with Crippen molar-refractivity contribution in [3.8, 4) is 23.7 Å². The average molecular weight is 345 g/mol. The highest BCUT2D eigenvalue weighted by Gasteiger charge is 2.24. The van der Waals surface area contributed by atoms with Crippen LogP contribution in [0.2, 0.25) is 0 Å². The quantitative estimate of drug-likeness (QED) is 0.830. The molecule has 0 spiro atoms. The molecule has 0 atom stereocenters. The van der Waals surface area contributed by atoms with Gasteiger partial charge in [-0.1, -0.05) is 23.7 Å². The topological polar surface area (TPSA) is 73.9 Å². The lowest BCUT2D eigenvalue weighted by atomic mass is 10.0. The van der Waals surface area contributed by atoms with Crippen molar-refractivity contribution >= 4 is 22.8 Å². The van der Waals surface area contributed by atoms with Crippen LogP contribution in [-0.2, 0) is 4.79 Å². The van der Waals surface area contributed by atoms with Gasteiger partial charge in [0.25, 0.3) is 5.91 Å². The lowest BCUT2D eigenvalue weighted by molar-refractivity contribution is -0.117. The van der Waals surface area contributed by atoms with Crippen molar-refractivity contribution in [2.75, 3.05) is 18.0 Å². The number of aromatic amines is 1. The van der Waals surface area contributed by atoms with E-state index in [1.165, 1.54) is 0 Å². The minimum absolute atomic E-state index is 0.127. The highest BCUT2D eigenvalue weighted by molar-refractivity contribution is 5.98. The molecule has 2 aromatic rings. The average Bonchev–Trinajstić information content (AvgIpc) is 2.87. The van der Waals surface area contributed by atoms with Crippen LogP contribution >= 0.6 is 0 Å². The lowest BCUT2D eigenvalue weighted by Gasteiger charge is -2.33. The van der Waals surface area contributed by atoms with Gasteiger partial charge in [0, 0.05) is 31.4 Å². The Morgan fingerprint density at radius 2 is 2.15 bits per heavy atom. The summed E-state index contributed by atoms with van der Waals surface area (Å²) in [7, 11) is 0. The van der Waals surface area contributed by atoms with Crippen molar-refractivity contribution in [3.05, 3.63) is 29.7 Å². The maximum atomic E-state index is 12.4. The Balaban J connectivity index is 1.42. The summed E-state index contributed by atoms with van der Waals surface area (Å²) in [5.41, 5.74) is 2.46. The number of allylic oxidation sites excluding steroid dienone is 1. The first kappa shape index (κ1) is 16.2. The fourth-order valence-corrected chi connectivity index (χ4v) is 3.35. The monoisotopic (exact) mass is 345 g/mol. The molecule has 26 heavy (non-hydrogen) atoms. The Morgan fingerprint density at radius 1 is 1.31 bits per heavy atom. The number of anilines is 1. The van der Waals surface area contributed by atoms with Gasteiger partial charge in [-0.05, 0) is 25.3 Å². The summed E-state index contributed by atoms with van der Waals surface area (Å²) in [6, 6.07) is 0.141. The van der Waals surface area contributed by atoms with E-state index >= 15 is 0 Å². The number of aromatic nitrogens is 3. The maximum Gasteiger partial charge on any atom is 0.260 e. The number of H-pyrrole nitrogens is 1. The first-order chi connectivity index (χ1) is 12.7. The summed E-state index contributed by atoms with van der Waals surface area (Å²) < 4.78 is 0. The number of nitrogens with zero attached hydrogens (tertiary/aromatic N) is 3. The third-order valence-corrected chi connectivity index (χ3v) is 4.74. The molecule has 6 heteroatoms. The summed E-state index contributed by atoms with van der Waals surface area (Å²) >= 11 is 0. The van der Waals surface area contributed by atoms with E-state index in [0.29, 0.717) is 12.0 Å². The zero-order valence-corrected chi connectivity index (χ0v) is 14.6. The molecule has 4 rings (SSSR count). The molecule has 130 valence electrons. The number of fused-ring (bicyclic) bond motifs is 1. The van der Waals surface area contributed by atoms with Gasteiger partial charge in [-0.2, -0.15) is 0 Å². The fraction of sp³-hybridized carbons (Fsp3) is 0.350. The third kappa shape index (κ3) is 3.14. The number of carbonyl (C=O) groups excluding carboxylic acids is 1. The van der Waals surface area contributed by atoms with Crippen molar-refractivity contribution in [1.82, 2.24) is 20.3 Å². The second-order valence-electron chi connectivity index (χ2n) is 6.49. The predicted octanol–water partition coefficient (Wildman–Crippen LogP) is 1.69. The fourth-order valence-electron chi connectivity index (χ4n) is 3.35. The van der Waals surface area contributed by atoms with Crippen LogP contribution in [0.3, 0.4) is 0 Å². The second-order valence-corrected chi connectivity index (χ2v) is 6.49. The molecule has 0 radical (unpaired) electrons. The molecule has 1 fully saturated rings. The molecule has 0 saturated carbocycles. The zero-order valence-electron chi connectivity index (χ0n) is 14.6. The number of aryl methyl sites for hydroxylation is 1. The van der Waals surface area contributed by atoms with E-state index in [1.54, 1.807) is 12.4 Å². The Labute approximate surface area is 152 Å². The number of piperidine rings is 1. The Kier molecular flexibility index (Phi) is 4.33. The van der Waals surface area contributed by atoms with E-state index in [0.717, 1.165) is 48.3 Å². The minimum atomic E-state index is -0.127. The molecular formula is C20H19N5O. The van der Waals surface area contributed by atoms with Crippen LogP contribution in [0, 0.1) is 30.6 Å². The van der Waals surface area contributed by atoms with Crippen molar-refractivity contribution in [2.24, 2.45) is 0 Å². The van der Waals surface area contributed by atoms with E-state index in [2.05, 4.69) is 55.8 Å². The minimum Gasteiger partial charge on any atom is -0.356 e. The number of nitrogens with one attached hydrogen (secondary N) is 2. The van der Waals surface area contributed by atoms with Crippen molar-refractivity contribution in [2.45, 2.75) is 32.2 Å². The van der Waals surface area contributed by atoms with Crippen LogP contribution in [0.5, 0.6) is 0 Å². The van der Waals surface area contributed by atoms with Gasteiger partial charge in [-0.25, -0.2) is 9.97 Å². The number of carbonyl (C=O) groups is 1. The van der Waals surface area contributed by atoms with Gasteiger partial charge in [0.05, 0.1) is 17.4 Å². The Hall–Kier alpha value is -3.25. The van der Waals surface area contributed by atoms with Gasteiger partial charge in [-0.15, -0.1) is 0 Å². The lowest BCUT2D eigenvalue weighted by Crippen LogP contribution is -2.45. The number of hydrogen-bond donors (Lipinski definition) is 2. The third-order valence-electron chi connectivity index (χ3n) is 4.74. The normalized spacial score (nSPS) is 16.8. The van der Waals surface area contributed by atoms with Crippen LogP contribution in [0.25, 0.3) is 11.0 Å². The van der Waals surface area contributed by atoms with E-state index in [-0.39, 0.29) is 11.9 Å². The second kappa shape index (κ2) is 6.93. The number of amides is 1. The van der Waals surface area contributed by atoms with E-state index < -0.39 is 0 Å². The molecule has 3 heterocycles. The van der Waals surface area contributed by atoms with Gasteiger partial charge in [0.1, 0.15) is 17.8 Å². The summed E-state index contributed by atoms with van der Waals surface area (Å²) in [5, 5.41) is 4.17. The van der Waals surface area contributed by atoms with Gasteiger partial charge >= 0.3 is 0 Å². The molecule has 0 bridgehead atoms. The zero-order chi connectivity index (χ0) is 17.9. The van der Waals surface area contributed by atoms with Gasteiger partial charge in [-0.3, -0.25) is 4.79 Å². The highest BCUT2D eigenvalue weighted by Crippen LogP contribution is 2.27. The van der Waals surface area contributed by atoms with Gasteiger partial charge < -0.3 is 15.2 Å². The highest BCUT2D eigenvalue weighted by atomic mass is 16.1. The molecule has 0 aromatic carbocycles. The first-order valence-electron chi connectivity index (χ1n) is 8.74. The van der Waals surface area contributed by atoms with Crippen molar-refractivity contribution < 1.29 is 4.79 Å². The van der Waals surface area contributed by atoms with E-state index in [4.69, 9.17) is 0 Å². The number of rotatable bonds is 3. The van der Waals surface area contributed by atoms with Crippen molar-refractivity contribution in [3.63, 3.8) is 0 Å². The first-order valence-corrected chi connectivity index (χ1v) is 8.74. The smallest absolute Gasteiger partial charge is 0.260 e. The number of hydrogen-bond acceptors (Lipinski definition) is 4. The summed E-state index contributed by atoms with van der Waals surface area (Å²) in [4.78, 5) is 26.6. The van der Waals surface area contributed by atoms with Crippen LogP contribution in [-0.4, -0.2) is 40.0 Å². The maximum absolute atomic E-state index is 12.4. The van der Waals surface area contributed by atoms with Crippen LogP contribution < -0.4 is 10.2 Å². The van der Waals surface area contributed by atoms with Gasteiger partial charge in [0.2, 0.25) is 0 Å². The molecule has 6 nitrogen and oxygen atoms in total. The molecular weight excluding hydrogens is 326 g/mol. The molecule has 1 amide bonds. The molecule has 2 N–H and O–H groups in total. The van der Waals surface area contributed by atoms with Crippen LogP contribution in [0.1, 0.15) is 24.8 Å². The Morgan fingerprint density at radius 3 is 3.00 bits per heavy atom. The predicted molar refractivity (Wildman–Crippen MR) is 100 cm³/mol.